The van der Waals surface area contributed by atoms with Crippen LogP contribution in [0, 0.1) is 6.92 Å². The summed E-state index contributed by atoms with van der Waals surface area (Å²) in [5.41, 5.74) is 7.90. The van der Waals surface area contributed by atoms with Crippen LogP contribution in [-0.4, -0.2) is 29.6 Å². The molecule has 2 N–H and O–H groups in total. The highest BCUT2D eigenvalue weighted by Crippen LogP contribution is 2.26. The fourth-order valence-electron chi connectivity index (χ4n) is 2.06. The first-order valence-electron chi connectivity index (χ1n) is 7.85. The molecule has 0 aliphatic rings. The van der Waals surface area contributed by atoms with Crippen LogP contribution in [0.2, 0.25) is 0 Å². The molecule has 0 atom stereocenters. The lowest BCUT2D eigenvalue weighted by Crippen LogP contribution is -2.34. The van der Waals surface area contributed by atoms with Gasteiger partial charge in [-0.25, -0.2) is 0 Å². The number of amides is 1. The lowest BCUT2D eigenvalue weighted by molar-refractivity contribution is -0.128. The van der Waals surface area contributed by atoms with Gasteiger partial charge in [0.25, 0.3) is 0 Å². The van der Waals surface area contributed by atoms with Gasteiger partial charge in [0.1, 0.15) is 0 Å². The molecule has 118 valence electrons. The quantitative estimate of drug-likeness (QED) is 0.552. The van der Waals surface area contributed by atoms with E-state index in [1.807, 2.05) is 24.0 Å². The molecule has 3 nitrogen and oxygen atoms in total. The molecule has 0 fully saturated rings. The lowest BCUT2D eigenvalue weighted by atomic mass is 10.2. The van der Waals surface area contributed by atoms with Gasteiger partial charge in [0.2, 0.25) is 5.91 Å². The van der Waals surface area contributed by atoms with E-state index in [-0.39, 0.29) is 5.91 Å². The molecule has 0 saturated heterocycles. The van der Waals surface area contributed by atoms with E-state index in [1.165, 1.54) is 5.56 Å². The van der Waals surface area contributed by atoms with Crippen LogP contribution in [0.15, 0.2) is 23.1 Å². The van der Waals surface area contributed by atoms with Gasteiger partial charge in [-0.2, -0.15) is 0 Å². The van der Waals surface area contributed by atoms with E-state index in [9.17, 15) is 4.79 Å². The number of hydrogen-bond acceptors (Lipinski definition) is 3. The van der Waals surface area contributed by atoms with E-state index < -0.39 is 0 Å². The summed E-state index contributed by atoms with van der Waals surface area (Å²) in [7, 11) is 0. The summed E-state index contributed by atoms with van der Waals surface area (Å²) in [6.07, 6.45) is 4.39. The maximum atomic E-state index is 12.4. The second-order valence-electron chi connectivity index (χ2n) is 5.42. The number of anilines is 1. The van der Waals surface area contributed by atoms with Crippen molar-refractivity contribution in [3.63, 3.8) is 0 Å². The molecule has 1 aromatic carbocycles. The van der Waals surface area contributed by atoms with Crippen LogP contribution in [0.25, 0.3) is 0 Å². The second-order valence-corrected chi connectivity index (χ2v) is 6.44. The minimum absolute atomic E-state index is 0.225. The number of nitrogens with zero attached hydrogens (tertiary/aromatic N) is 1. The molecule has 1 rings (SSSR count). The number of rotatable bonds is 9. The first kappa shape index (κ1) is 17.9. The third-order valence-electron chi connectivity index (χ3n) is 3.44. The zero-order valence-corrected chi connectivity index (χ0v) is 14.3. The lowest BCUT2D eigenvalue weighted by Gasteiger charge is -2.22. The number of benzene rings is 1. The SMILES string of the molecule is CCCCN(CCCC)C(=O)CSc1cc(C)ccc1N. The number of unbranched alkanes of at least 4 members (excludes halogenated alkanes) is 2. The Balaban J connectivity index is 2.57. The van der Waals surface area contributed by atoms with E-state index in [0.29, 0.717) is 5.75 Å². The van der Waals surface area contributed by atoms with Gasteiger partial charge in [0.15, 0.2) is 0 Å². The number of carbonyl (C=O) groups excluding carboxylic acids is 1. The van der Waals surface area contributed by atoms with Crippen molar-refractivity contribution in [1.82, 2.24) is 4.90 Å². The van der Waals surface area contributed by atoms with Crippen LogP contribution < -0.4 is 5.73 Å². The first-order valence-corrected chi connectivity index (χ1v) is 8.83. The van der Waals surface area contributed by atoms with Gasteiger partial charge in [-0.3, -0.25) is 4.79 Å². The Morgan fingerprint density at radius 3 is 2.38 bits per heavy atom. The predicted molar refractivity (Wildman–Crippen MR) is 92.7 cm³/mol. The summed E-state index contributed by atoms with van der Waals surface area (Å²) in [5, 5.41) is 0. The van der Waals surface area contributed by atoms with Gasteiger partial charge in [0, 0.05) is 23.7 Å². The molecule has 4 heteroatoms. The number of thioether (sulfide) groups is 1. The van der Waals surface area contributed by atoms with Crippen molar-refractivity contribution in [2.75, 3.05) is 24.6 Å². The highest BCUT2D eigenvalue weighted by molar-refractivity contribution is 8.00. The highest BCUT2D eigenvalue weighted by Gasteiger charge is 2.13. The third-order valence-corrected chi connectivity index (χ3v) is 4.49. The molecule has 21 heavy (non-hydrogen) atoms. The molecule has 0 aliphatic carbocycles. The van der Waals surface area contributed by atoms with Gasteiger partial charge in [-0.1, -0.05) is 32.8 Å². The number of hydrogen-bond donors (Lipinski definition) is 1. The average Bonchev–Trinajstić information content (AvgIpc) is 2.48. The number of nitrogen functional groups attached to an aromatic ring is 1. The highest BCUT2D eigenvalue weighted by atomic mass is 32.2. The molecule has 0 unspecified atom stereocenters. The molecule has 0 bridgehead atoms. The van der Waals surface area contributed by atoms with Crippen molar-refractivity contribution < 1.29 is 4.79 Å². The summed E-state index contributed by atoms with van der Waals surface area (Å²) in [6.45, 7) is 8.11. The topological polar surface area (TPSA) is 46.3 Å². The van der Waals surface area contributed by atoms with Gasteiger partial charge < -0.3 is 10.6 Å². The fraction of sp³-hybridized carbons (Fsp3) is 0.588. The Morgan fingerprint density at radius 2 is 1.81 bits per heavy atom. The van der Waals surface area contributed by atoms with E-state index >= 15 is 0 Å². The Hall–Kier alpha value is -1.16. The molecule has 1 aromatic rings. The van der Waals surface area contributed by atoms with E-state index in [1.54, 1.807) is 11.8 Å². The van der Waals surface area contributed by atoms with Crippen LogP contribution >= 0.6 is 11.8 Å². The molecule has 0 aliphatic heterocycles. The summed E-state index contributed by atoms with van der Waals surface area (Å²) >= 11 is 1.55. The Labute approximate surface area is 133 Å². The summed E-state index contributed by atoms with van der Waals surface area (Å²) < 4.78 is 0. The number of carbonyl (C=O) groups is 1. The monoisotopic (exact) mass is 308 g/mol. The molecule has 0 saturated carbocycles. The first-order chi connectivity index (χ1) is 10.1. The number of nitrogens with two attached hydrogens (primary N) is 1. The van der Waals surface area contributed by atoms with Crippen molar-refractivity contribution >= 4 is 23.4 Å². The smallest absolute Gasteiger partial charge is 0.232 e. The fourth-order valence-corrected chi connectivity index (χ4v) is 3.02. The zero-order chi connectivity index (χ0) is 15.7. The normalized spacial score (nSPS) is 10.6. The maximum absolute atomic E-state index is 12.4. The average molecular weight is 308 g/mol. The summed E-state index contributed by atoms with van der Waals surface area (Å²) in [5.74, 6) is 0.698. The van der Waals surface area contributed by atoms with Gasteiger partial charge in [-0.05, 0) is 37.5 Å². The predicted octanol–water partition coefficient (Wildman–Crippen LogP) is 4.10. The van der Waals surface area contributed by atoms with Crippen LogP contribution in [0.3, 0.4) is 0 Å². The molecule has 1 amide bonds. The van der Waals surface area contributed by atoms with E-state index in [2.05, 4.69) is 19.9 Å². The van der Waals surface area contributed by atoms with Crippen molar-refractivity contribution in [2.45, 2.75) is 51.3 Å². The van der Waals surface area contributed by atoms with Crippen molar-refractivity contribution in [1.29, 1.82) is 0 Å². The van der Waals surface area contributed by atoms with Crippen molar-refractivity contribution in [3.05, 3.63) is 23.8 Å². The summed E-state index contributed by atoms with van der Waals surface area (Å²) in [4.78, 5) is 15.4. The molecule has 0 aromatic heterocycles. The largest absolute Gasteiger partial charge is 0.398 e. The van der Waals surface area contributed by atoms with Crippen LogP contribution in [0.5, 0.6) is 0 Å². The second kappa shape index (κ2) is 9.72. The van der Waals surface area contributed by atoms with Crippen molar-refractivity contribution in [2.24, 2.45) is 0 Å². The number of aryl methyl sites for hydroxylation is 1. The Bertz CT molecular complexity index is 440. The van der Waals surface area contributed by atoms with Crippen LogP contribution in [-0.2, 0) is 4.79 Å². The van der Waals surface area contributed by atoms with E-state index in [4.69, 9.17) is 5.73 Å². The molecule has 0 heterocycles. The van der Waals surface area contributed by atoms with E-state index in [0.717, 1.165) is 49.4 Å². The van der Waals surface area contributed by atoms with Crippen LogP contribution in [0.1, 0.15) is 45.1 Å². The minimum Gasteiger partial charge on any atom is -0.398 e. The van der Waals surface area contributed by atoms with Crippen LogP contribution in [0.4, 0.5) is 5.69 Å². The maximum Gasteiger partial charge on any atom is 0.232 e. The standard InChI is InChI=1S/C17H28N2OS/c1-4-6-10-19(11-7-5-2)17(20)13-21-16-12-14(3)8-9-15(16)18/h8-9,12H,4-7,10-11,13,18H2,1-3H3. The Kier molecular flexibility index (Phi) is 8.28. The van der Waals surface area contributed by atoms with Crippen molar-refractivity contribution in [3.8, 4) is 0 Å². The van der Waals surface area contributed by atoms with Gasteiger partial charge in [0.05, 0.1) is 5.75 Å². The van der Waals surface area contributed by atoms with Gasteiger partial charge >= 0.3 is 0 Å². The third kappa shape index (κ3) is 6.42. The molecule has 0 spiro atoms. The van der Waals surface area contributed by atoms with Gasteiger partial charge in [-0.15, -0.1) is 11.8 Å². The minimum atomic E-state index is 0.225. The molecular formula is C17H28N2OS. The summed E-state index contributed by atoms with van der Waals surface area (Å²) in [6, 6.07) is 5.96. The zero-order valence-electron chi connectivity index (χ0n) is 13.5. The molecule has 0 radical (unpaired) electrons. The molecular weight excluding hydrogens is 280 g/mol. The Morgan fingerprint density at radius 1 is 1.19 bits per heavy atom.